The molecule has 2 N–H and O–H groups in total. The Labute approximate surface area is 164 Å². The van der Waals surface area contributed by atoms with Crippen LogP contribution in [0, 0.1) is 5.92 Å². The highest BCUT2D eigenvalue weighted by molar-refractivity contribution is 5.81. The van der Waals surface area contributed by atoms with E-state index in [2.05, 4.69) is 58.6 Å². The number of benzene rings is 1. The lowest BCUT2D eigenvalue weighted by molar-refractivity contribution is -0.131. The number of carbonyl (C=O) groups is 1. The number of aliphatic imine (C=N–C) groups is 1. The number of carbonyl (C=O) groups excluding carboxylic acids is 1. The van der Waals surface area contributed by atoms with E-state index in [-0.39, 0.29) is 5.91 Å². The summed E-state index contributed by atoms with van der Waals surface area (Å²) in [5, 5.41) is 6.61. The minimum atomic E-state index is 0.214. The average Bonchev–Trinajstić information content (AvgIpc) is 2.73. The van der Waals surface area contributed by atoms with Crippen molar-refractivity contribution in [3.8, 4) is 0 Å². The van der Waals surface area contributed by atoms with Gasteiger partial charge in [-0.1, -0.05) is 44.9 Å². The van der Waals surface area contributed by atoms with Crippen molar-refractivity contribution in [1.82, 2.24) is 15.5 Å². The standard InChI is InChI=1S/C21H35N5O/c1-4-18(5-2)17-24-21(22-3)23-12-11-20(27)26-15-13-25(14-16-26)19-9-7-6-8-10-19/h6-10,18H,4-5,11-17H2,1-3H3,(H2,22,23,24). The summed E-state index contributed by atoms with van der Waals surface area (Å²) in [6, 6.07) is 10.4. The number of piperazine rings is 1. The molecule has 6 nitrogen and oxygen atoms in total. The molecule has 1 aromatic carbocycles. The van der Waals surface area contributed by atoms with Gasteiger partial charge in [-0.25, -0.2) is 0 Å². The third kappa shape index (κ3) is 6.77. The van der Waals surface area contributed by atoms with E-state index in [9.17, 15) is 4.79 Å². The SMILES string of the molecule is CCC(CC)CNC(=NC)NCCC(=O)N1CCN(c2ccccc2)CC1. The zero-order valence-corrected chi connectivity index (χ0v) is 17.1. The van der Waals surface area contributed by atoms with Crippen molar-refractivity contribution in [1.29, 1.82) is 0 Å². The van der Waals surface area contributed by atoms with Gasteiger partial charge in [-0.3, -0.25) is 9.79 Å². The van der Waals surface area contributed by atoms with Crippen LogP contribution in [-0.2, 0) is 4.79 Å². The second-order valence-corrected chi connectivity index (χ2v) is 7.02. The van der Waals surface area contributed by atoms with Crippen molar-refractivity contribution >= 4 is 17.6 Å². The van der Waals surface area contributed by atoms with Gasteiger partial charge in [0.15, 0.2) is 5.96 Å². The molecular formula is C21H35N5O. The van der Waals surface area contributed by atoms with E-state index in [0.29, 0.717) is 18.9 Å². The first-order valence-electron chi connectivity index (χ1n) is 10.2. The zero-order chi connectivity index (χ0) is 19.5. The van der Waals surface area contributed by atoms with Crippen LogP contribution in [-0.4, -0.2) is 63.1 Å². The molecule has 1 fully saturated rings. The van der Waals surface area contributed by atoms with Crippen LogP contribution in [0.4, 0.5) is 5.69 Å². The predicted molar refractivity (Wildman–Crippen MR) is 113 cm³/mol. The van der Waals surface area contributed by atoms with Crippen LogP contribution in [0.15, 0.2) is 35.3 Å². The maximum Gasteiger partial charge on any atom is 0.224 e. The molecule has 1 heterocycles. The summed E-state index contributed by atoms with van der Waals surface area (Å²) in [6.45, 7) is 9.31. The fraction of sp³-hybridized carbons (Fsp3) is 0.619. The highest BCUT2D eigenvalue weighted by Gasteiger charge is 2.20. The van der Waals surface area contributed by atoms with E-state index >= 15 is 0 Å². The molecule has 0 aromatic heterocycles. The molecule has 1 aliphatic heterocycles. The van der Waals surface area contributed by atoms with Crippen molar-refractivity contribution in [3.63, 3.8) is 0 Å². The highest BCUT2D eigenvalue weighted by atomic mass is 16.2. The number of hydrogen-bond acceptors (Lipinski definition) is 3. The van der Waals surface area contributed by atoms with Gasteiger partial charge in [-0.15, -0.1) is 0 Å². The van der Waals surface area contributed by atoms with E-state index in [1.165, 1.54) is 5.69 Å². The van der Waals surface area contributed by atoms with Crippen LogP contribution in [0.25, 0.3) is 0 Å². The summed E-state index contributed by atoms with van der Waals surface area (Å²) >= 11 is 0. The van der Waals surface area contributed by atoms with Gasteiger partial charge in [0.25, 0.3) is 0 Å². The first-order chi connectivity index (χ1) is 13.2. The van der Waals surface area contributed by atoms with Crippen LogP contribution in [0.1, 0.15) is 33.1 Å². The Kier molecular flexibility index (Phi) is 8.95. The molecule has 0 radical (unpaired) electrons. The van der Waals surface area contributed by atoms with Gasteiger partial charge in [0.05, 0.1) is 0 Å². The average molecular weight is 374 g/mol. The number of rotatable bonds is 8. The number of hydrogen-bond donors (Lipinski definition) is 2. The Balaban J connectivity index is 1.67. The molecule has 2 rings (SSSR count). The molecule has 0 unspecified atom stereocenters. The summed E-state index contributed by atoms with van der Waals surface area (Å²) in [7, 11) is 1.77. The quantitative estimate of drug-likeness (QED) is 0.542. The molecule has 0 bridgehead atoms. The fourth-order valence-corrected chi connectivity index (χ4v) is 3.34. The van der Waals surface area contributed by atoms with Crippen molar-refractivity contribution in [2.45, 2.75) is 33.1 Å². The van der Waals surface area contributed by atoms with Crippen molar-refractivity contribution in [2.75, 3.05) is 51.2 Å². The summed E-state index contributed by atoms with van der Waals surface area (Å²) in [5.41, 5.74) is 1.23. The largest absolute Gasteiger partial charge is 0.368 e. The Hall–Kier alpha value is -2.24. The van der Waals surface area contributed by atoms with Gasteiger partial charge in [-0.2, -0.15) is 0 Å². The molecule has 150 valence electrons. The maximum absolute atomic E-state index is 12.5. The van der Waals surface area contributed by atoms with Crippen LogP contribution in [0.2, 0.25) is 0 Å². The fourth-order valence-electron chi connectivity index (χ4n) is 3.34. The minimum Gasteiger partial charge on any atom is -0.368 e. The molecule has 27 heavy (non-hydrogen) atoms. The lowest BCUT2D eigenvalue weighted by atomic mass is 10.0. The second-order valence-electron chi connectivity index (χ2n) is 7.02. The first kappa shape index (κ1) is 21.1. The third-order valence-electron chi connectivity index (χ3n) is 5.32. The van der Waals surface area contributed by atoms with Crippen molar-refractivity contribution < 1.29 is 4.79 Å². The lowest BCUT2D eigenvalue weighted by Gasteiger charge is -2.36. The van der Waals surface area contributed by atoms with Gasteiger partial charge in [0, 0.05) is 58.4 Å². The van der Waals surface area contributed by atoms with Crippen molar-refractivity contribution in [2.24, 2.45) is 10.9 Å². The lowest BCUT2D eigenvalue weighted by Crippen LogP contribution is -2.49. The molecule has 1 amide bonds. The molecule has 0 saturated carbocycles. The van der Waals surface area contributed by atoms with E-state index in [4.69, 9.17) is 0 Å². The molecule has 0 atom stereocenters. The van der Waals surface area contributed by atoms with Crippen LogP contribution in [0.3, 0.4) is 0 Å². The monoisotopic (exact) mass is 373 g/mol. The normalized spacial score (nSPS) is 15.2. The zero-order valence-electron chi connectivity index (χ0n) is 17.1. The molecule has 0 aliphatic carbocycles. The summed E-state index contributed by atoms with van der Waals surface area (Å²) in [5.74, 6) is 1.65. The van der Waals surface area contributed by atoms with Crippen LogP contribution >= 0.6 is 0 Å². The summed E-state index contributed by atoms with van der Waals surface area (Å²) in [4.78, 5) is 21.0. The third-order valence-corrected chi connectivity index (χ3v) is 5.32. The van der Waals surface area contributed by atoms with Gasteiger partial charge in [0.1, 0.15) is 0 Å². The number of anilines is 1. The molecule has 1 aliphatic rings. The number of para-hydroxylation sites is 1. The van der Waals surface area contributed by atoms with E-state index < -0.39 is 0 Å². The van der Waals surface area contributed by atoms with Gasteiger partial charge >= 0.3 is 0 Å². The topological polar surface area (TPSA) is 60.0 Å². The Morgan fingerprint density at radius 2 is 1.74 bits per heavy atom. The first-order valence-corrected chi connectivity index (χ1v) is 10.2. The predicted octanol–water partition coefficient (Wildman–Crippen LogP) is 2.33. The summed E-state index contributed by atoms with van der Waals surface area (Å²) in [6.07, 6.45) is 2.82. The van der Waals surface area contributed by atoms with E-state index in [1.807, 2.05) is 11.0 Å². The van der Waals surface area contributed by atoms with Crippen LogP contribution in [0.5, 0.6) is 0 Å². The number of nitrogens with one attached hydrogen (secondary N) is 2. The molecule has 0 spiro atoms. The molecular weight excluding hydrogens is 338 g/mol. The van der Waals surface area contributed by atoms with Gasteiger partial charge < -0.3 is 20.4 Å². The van der Waals surface area contributed by atoms with Gasteiger partial charge in [0.2, 0.25) is 5.91 Å². The highest BCUT2D eigenvalue weighted by Crippen LogP contribution is 2.15. The number of nitrogens with zero attached hydrogens (tertiary/aromatic N) is 3. The van der Waals surface area contributed by atoms with Crippen molar-refractivity contribution in [3.05, 3.63) is 30.3 Å². The summed E-state index contributed by atoms with van der Waals surface area (Å²) < 4.78 is 0. The second kappa shape index (κ2) is 11.5. The Morgan fingerprint density at radius 1 is 1.07 bits per heavy atom. The van der Waals surface area contributed by atoms with E-state index in [0.717, 1.165) is 51.5 Å². The Morgan fingerprint density at radius 3 is 2.33 bits per heavy atom. The molecule has 1 aromatic rings. The van der Waals surface area contributed by atoms with E-state index in [1.54, 1.807) is 7.05 Å². The maximum atomic E-state index is 12.5. The Bertz CT molecular complexity index is 577. The van der Waals surface area contributed by atoms with Gasteiger partial charge in [-0.05, 0) is 18.1 Å². The number of amides is 1. The smallest absolute Gasteiger partial charge is 0.224 e. The molecule has 6 heteroatoms. The van der Waals surface area contributed by atoms with Crippen LogP contribution < -0.4 is 15.5 Å². The number of guanidine groups is 1. The minimum absolute atomic E-state index is 0.214. The molecule has 1 saturated heterocycles.